The van der Waals surface area contributed by atoms with Gasteiger partial charge in [-0.05, 0) is 24.6 Å². The summed E-state index contributed by atoms with van der Waals surface area (Å²) in [5.41, 5.74) is 0.0725. The molecule has 0 saturated carbocycles. The summed E-state index contributed by atoms with van der Waals surface area (Å²) in [7, 11) is 0. The normalized spacial score (nSPS) is 17.4. The lowest BCUT2D eigenvalue weighted by Gasteiger charge is -2.28. The number of carbonyl (C=O) groups is 1. The zero-order chi connectivity index (χ0) is 14.2. The zero-order valence-corrected chi connectivity index (χ0v) is 10.1. The quantitative estimate of drug-likeness (QED) is 0.608. The maximum absolute atomic E-state index is 12.7. The van der Waals surface area contributed by atoms with Crippen LogP contribution in [-0.2, 0) is 6.18 Å². The van der Waals surface area contributed by atoms with Gasteiger partial charge in [0, 0.05) is 5.56 Å². The Bertz CT molecular complexity index is 552. The molecule has 0 radical (unpaired) electrons. The molecule has 19 heavy (non-hydrogen) atoms. The van der Waals surface area contributed by atoms with E-state index < -0.39 is 17.8 Å². The number of benzene rings is 1. The van der Waals surface area contributed by atoms with Gasteiger partial charge >= 0.3 is 12.2 Å². The van der Waals surface area contributed by atoms with Crippen LogP contribution in [0.2, 0.25) is 0 Å². The Kier molecular flexibility index (Phi) is 3.23. The second-order valence-electron chi connectivity index (χ2n) is 4.06. The summed E-state index contributed by atoms with van der Waals surface area (Å²) in [4.78, 5) is 11.6. The summed E-state index contributed by atoms with van der Waals surface area (Å²) in [6, 6.07) is 2.56. The lowest BCUT2D eigenvalue weighted by Crippen LogP contribution is -2.42. The van der Waals surface area contributed by atoms with Gasteiger partial charge in [0.15, 0.2) is 0 Å². The van der Waals surface area contributed by atoms with Crippen LogP contribution < -0.4 is 11.2 Å². The minimum atomic E-state index is -4.44. The van der Waals surface area contributed by atoms with Crippen LogP contribution in [0.3, 0.4) is 0 Å². The van der Waals surface area contributed by atoms with Crippen LogP contribution in [-0.4, -0.2) is 11.0 Å². The third kappa shape index (κ3) is 2.41. The number of hydrazine groups is 1. The summed E-state index contributed by atoms with van der Waals surface area (Å²) < 4.78 is 38.1. The molecule has 0 saturated heterocycles. The van der Waals surface area contributed by atoms with Gasteiger partial charge < -0.3 is 5.32 Å². The molecule has 0 unspecified atom stereocenters. The van der Waals surface area contributed by atoms with Crippen LogP contribution in [0.4, 0.5) is 23.7 Å². The number of allylic oxidation sites excluding steroid dienone is 1. The molecule has 0 bridgehead atoms. The molecule has 1 heterocycles. The van der Waals surface area contributed by atoms with Gasteiger partial charge in [0.25, 0.3) is 0 Å². The van der Waals surface area contributed by atoms with Crippen molar-refractivity contribution in [2.24, 2.45) is 5.84 Å². The van der Waals surface area contributed by atoms with Gasteiger partial charge in [-0.25, -0.2) is 15.6 Å². The Morgan fingerprint density at radius 2 is 2.11 bits per heavy atom. The monoisotopic (exact) mass is 271 g/mol. The van der Waals surface area contributed by atoms with E-state index in [2.05, 4.69) is 5.32 Å². The number of fused-ring (bicyclic) bond motifs is 1. The predicted octanol–water partition coefficient (Wildman–Crippen LogP) is 3.18. The third-order valence-electron chi connectivity index (χ3n) is 2.74. The Balaban J connectivity index is 2.58. The molecule has 4 nitrogen and oxygen atoms in total. The van der Waals surface area contributed by atoms with Crippen molar-refractivity contribution in [3.05, 3.63) is 35.4 Å². The zero-order valence-electron chi connectivity index (χ0n) is 10.1. The minimum absolute atomic E-state index is 0.263. The van der Waals surface area contributed by atoms with Gasteiger partial charge in [0.05, 0.1) is 16.9 Å². The van der Waals surface area contributed by atoms with E-state index in [1.54, 1.807) is 13.0 Å². The molecule has 1 aromatic rings. The third-order valence-corrected chi connectivity index (χ3v) is 2.74. The average molecular weight is 271 g/mol. The fraction of sp³-hybridized carbons (Fsp3) is 0.250. The molecule has 2 amide bonds. The van der Waals surface area contributed by atoms with Crippen molar-refractivity contribution in [2.75, 3.05) is 5.32 Å². The highest BCUT2D eigenvalue weighted by Gasteiger charge is 2.33. The van der Waals surface area contributed by atoms with Gasteiger partial charge in [-0.15, -0.1) is 0 Å². The van der Waals surface area contributed by atoms with Crippen LogP contribution in [0.1, 0.15) is 24.5 Å². The molecule has 102 valence electrons. The molecule has 0 fully saturated rings. The summed E-state index contributed by atoms with van der Waals surface area (Å²) >= 11 is 0. The van der Waals surface area contributed by atoms with Crippen molar-refractivity contribution in [1.82, 2.24) is 5.01 Å². The van der Waals surface area contributed by atoms with Gasteiger partial charge in [-0.1, -0.05) is 13.0 Å². The van der Waals surface area contributed by atoms with E-state index in [1.165, 1.54) is 6.07 Å². The van der Waals surface area contributed by atoms with Crippen molar-refractivity contribution < 1.29 is 18.0 Å². The van der Waals surface area contributed by atoms with E-state index in [0.717, 1.165) is 17.1 Å². The number of nitrogens with zero attached hydrogens (tertiary/aromatic N) is 1. The predicted molar refractivity (Wildman–Crippen MR) is 64.8 cm³/mol. The topological polar surface area (TPSA) is 58.4 Å². The highest BCUT2D eigenvalue weighted by molar-refractivity contribution is 6.02. The first-order valence-electron chi connectivity index (χ1n) is 5.62. The molecule has 1 aliphatic rings. The van der Waals surface area contributed by atoms with Gasteiger partial charge in [-0.2, -0.15) is 13.2 Å². The van der Waals surface area contributed by atoms with Crippen LogP contribution in [0.5, 0.6) is 0 Å². The minimum Gasteiger partial charge on any atom is -0.306 e. The SMILES string of the molecule is CC/C=C1/c2cc(C(F)(F)F)ccc2NC(=O)N1N. The fourth-order valence-electron chi connectivity index (χ4n) is 1.86. The summed E-state index contributed by atoms with van der Waals surface area (Å²) in [6.45, 7) is 1.81. The van der Waals surface area contributed by atoms with E-state index >= 15 is 0 Å². The molecule has 0 spiro atoms. The number of carbonyl (C=O) groups excluding carboxylic acids is 1. The maximum atomic E-state index is 12.7. The van der Waals surface area contributed by atoms with Gasteiger partial charge in [0.1, 0.15) is 0 Å². The standard InChI is InChI=1S/C12H12F3N3O/c1-2-3-10-8-6-7(12(13,14)15)4-5-9(8)17-11(19)18(10)16/h3-6H,2,16H2,1H3,(H,17,19)/b10-3-. The number of amides is 2. The van der Waals surface area contributed by atoms with Crippen molar-refractivity contribution in [1.29, 1.82) is 0 Å². The number of nitrogens with two attached hydrogens (primary N) is 1. The van der Waals surface area contributed by atoms with E-state index in [9.17, 15) is 18.0 Å². The Labute approximate surface area is 107 Å². The van der Waals surface area contributed by atoms with Crippen molar-refractivity contribution >= 4 is 17.4 Å². The Morgan fingerprint density at radius 3 is 2.68 bits per heavy atom. The second-order valence-corrected chi connectivity index (χ2v) is 4.06. The number of rotatable bonds is 1. The molecular weight excluding hydrogens is 259 g/mol. The molecule has 3 N–H and O–H groups in total. The second kappa shape index (κ2) is 4.58. The van der Waals surface area contributed by atoms with Gasteiger partial charge in [-0.3, -0.25) is 0 Å². The number of hydrogen-bond acceptors (Lipinski definition) is 2. The Hall–Kier alpha value is -2.02. The molecule has 0 aliphatic carbocycles. The number of anilines is 1. The van der Waals surface area contributed by atoms with Crippen molar-refractivity contribution in [3.63, 3.8) is 0 Å². The number of nitrogens with one attached hydrogen (secondary N) is 1. The number of hydrogen-bond donors (Lipinski definition) is 2. The highest BCUT2D eigenvalue weighted by atomic mass is 19.4. The summed E-state index contributed by atoms with van der Waals surface area (Å²) in [5.74, 6) is 5.55. The molecule has 1 aromatic carbocycles. The smallest absolute Gasteiger partial charge is 0.306 e. The summed E-state index contributed by atoms with van der Waals surface area (Å²) in [6.07, 6.45) is -2.28. The van der Waals surface area contributed by atoms with E-state index in [0.29, 0.717) is 12.1 Å². The lowest BCUT2D eigenvalue weighted by atomic mass is 10.0. The van der Waals surface area contributed by atoms with Crippen LogP contribution in [0.25, 0.3) is 5.70 Å². The molecular formula is C12H12F3N3O. The van der Waals surface area contributed by atoms with Crippen molar-refractivity contribution in [2.45, 2.75) is 19.5 Å². The van der Waals surface area contributed by atoms with Crippen molar-refractivity contribution in [3.8, 4) is 0 Å². The lowest BCUT2D eigenvalue weighted by molar-refractivity contribution is -0.137. The number of urea groups is 1. The maximum Gasteiger partial charge on any atom is 0.416 e. The van der Waals surface area contributed by atoms with Crippen LogP contribution in [0, 0.1) is 0 Å². The molecule has 0 aromatic heterocycles. The van der Waals surface area contributed by atoms with Crippen LogP contribution >= 0.6 is 0 Å². The molecule has 7 heteroatoms. The average Bonchev–Trinajstić information content (AvgIpc) is 2.33. The van der Waals surface area contributed by atoms with E-state index in [1.807, 2.05) is 0 Å². The van der Waals surface area contributed by atoms with Crippen LogP contribution in [0.15, 0.2) is 24.3 Å². The number of alkyl halides is 3. The molecule has 0 atom stereocenters. The Morgan fingerprint density at radius 1 is 1.42 bits per heavy atom. The first kappa shape index (κ1) is 13.4. The first-order chi connectivity index (χ1) is 8.84. The first-order valence-corrected chi connectivity index (χ1v) is 5.62. The summed E-state index contributed by atoms with van der Waals surface area (Å²) in [5, 5.41) is 3.24. The van der Waals surface area contributed by atoms with E-state index in [-0.39, 0.29) is 11.3 Å². The largest absolute Gasteiger partial charge is 0.416 e. The highest BCUT2D eigenvalue weighted by Crippen LogP contribution is 2.36. The fourth-order valence-corrected chi connectivity index (χ4v) is 1.86. The molecule has 2 rings (SSSR count). The number of halogens is 3. The van der Waals surface area contributed by atoms with Gasteiger partial charge in [0.2, 0.25) is 0 Å². The molecule has 1 aliphatic heterocycles. The van der Waals surface area contributed by atoms with E-state index in [4.69, 9.17) is 5.84 Å².